The molecular weight excluding hydrogens is 404 g/mol. The van der Waals surface area contributed by atoms with Crippen molar-refractivity contribution in [3.8, 4) is 23.1 Å². The van der Waals surface area contributed by atoms with Gasteiger partial charge in [-0.2, -0.15) is 10.4 Å². The lowest BCUT2D eigenvalue weighted by atomic mass is 9.63. The quantitative estimate of drug-likeness (QED) is 0.664. The molecule has 0 spiro atoms. The summed E-state index contributed by atoms with van der Waals surface area (Å²) in [5, 5.41) is 14.6. The van der Waals surface area contributed by atoms with Crippen LogP contribution in [-0.2, 0) is 11.8 Å². The highest BCUT2D eigenvalue weighted by molar-refractivity contribution is 5.80. The first-order valence-electron chi connectivity index (χ1n) is 11.5. The van der Waals surface area contributed by atoms with Crippen molar-refractivity contribution in [2.24, 2.45) is 30.5 Å². The van der Waals surface area contributed by atoms with E-state index >= 15 is 0 Å². The third kappa shape index (κ3) is 3.55. The Labute approximate surface area is 188 Å². The molecule has 8 nitrogen and oxygen atoms in total. The van der Waals surface area contributed by atoms with Crippen LogP contribution in [0.25, 0.3) is 11.3 Å². The molecule has 168 valence electrons. The number of carbonyl (C=O) groups excluding carboxylic acids is 1. The van der Waals surface area contributed by atoms with Crippen molar-refractivity contribution in [2.75, 3.05) is 6.54 Å². The summed E-state index contributed by atoms with van der Waals surface area (Å²) >= 11 is 0. The average molecular weight is 435 g/mol. The van der Waals surface area contributed by atoms with Gasteiger partial charge in [0.15, 0.2) is 0 Å². The normalized spacial score (nSPS) is 29.7. The Balaban J connectivity index is 1.52. The van der Waals surface area contributed by atoms with Gasteiger partial charge in [0.05, 0.1) is 18.0 Å². The molecule has 0 radical (unpaired) electrons. The summed E-state index contributed by atoms with van der Waals surface area (Å²) in [5.74, 6) is 1.29. The van der Waals surface area contributed by atoms with Crippen LogP contribution < -0.4 is 21.3 Å². The number of aromatic nitrogens is 2. The highest BCUT2D eigenvalue weighted by Gasteiger charge is 2.46. The smallest absolute Gasteiger partial charge is 0.237 e. The molecule has 8 heteroatoms. The summed E-state index contributed by atoms with van der Waals surface area (Å²) in [6.45, 7) is 2.63. The summed E-state index contributed by atoms with van der Waals surface area (Å²) < 4.78 is 7.88. The Morgan fingerprint density at radius 3 is 2.88 bits per heavy atom. The van der Waals surface area contributed by atoms with Gasteiger partial charge in [0.2, 0.25) is 5.91 Å². The second-order valence-electron chi connectivity index (χ2n) is 9.49. The van der Waals surface area contributed by atoms with Crippen LogP contribution in [0.5, 0.6) is 5.75 Å². The zero-order chi connectivity index (χ0) is 22.4. The van der Waals surface area contributed by atoms with Crippen molar-refractivity contribution in [3.05, 3.63) is 35.5 Å². The second kappa shape index (κ2) is 8.23. The van der Waals surface area contributed by atoms with E-state index in [1.807, 2.05) is 36.1 Å². The maximum Gasteiger partial charge on any atom is 0.237 e. The zero-order valence-electron chi connectivity index (χ0n) is 18.5. The first-order chi connectivity index (χ1) is 15.5. The number of hydrazine groups is 1. The molecule has 2 saturated carbocycles. The maximum atomic E-state index is 12.6. The predicted octanol–water partition coefficient (Wildman–Crippen LogP) is 2.21. The number of aryl methyl sites for hydroxylation is 1. The standard InChI is InChI=1S/C24H30N6O2/c1-13-8-14(9-17-20(11-26)28-29-24(31)22(13)17)19-12-27-30(2)23(19)16-4-3-5-21(18(16)10-25)32-15-6-7-15/h3-5,12-15,17,20,22,28H,6-9,11,26H2,1-2H3,(H,29,31). The van der Waals surface area contributed by atoms with Crippen molar-refractivity contribution >= 4 is 5.91 Å². The van der Waals surface area contributed by atoms with E-state index in [0.717, 1.165) is 42.5 Å². The molecule has 5 unspecified atom stereocenters. The number of rotatable bonds is 5. The topological polar surface area (TPSA) is 118 Å². The molecule has 0 bridgehead atoms. The third-order valence-corrected chi connectivity index (χ3v) is 7.36. The first kappa shape index (κ1) is 21.0. The van der Waals surface area contributed by atoms with Crippen LogP contribution in [0.4, 0.5) is 0 Å². The number of nitrogens with zero attached hydrogens (tertiary/aromatic N) is 3. The van der Waals surface area contributed by atoms with Gasteiger partial charge in [-0.15, -0.1) is 0 Å². The van der Waals surface area contributed by atoms with Crippen LogP contribution in [0.2, 0.25) is 0 Å². The van der Waals surface area contributed by atoms with Gasteiger partial charge in [0.1, 0.15) is 17.4 Å². The first-order valence-corrected chi connectivity index (χ1v) is 11.5. The van der Waals surface area contributed by atoms with E-state index in [4.69, 9.17) is 10.5 Å². The van der Waals surface area contributed by atoms with Crippen molar-refractivity contribution in [1.29, 1.82) is 5.26 Å². The van der Waals surface area contributed by atoms with Crippen molar-refractivity contribution in [3.63, 3.8) is 0 Å². The summed E-state index contributed by atoms with van der Waals surface area (Å²) in [6, 6.07) is 8.23. The summed E-state index contributed by atoms with van der Waals surface area (Å²) in [5.41, 5.74) is 15.4. The van der Waals surface area contributed by atoms with Gasteiger partial charge in [-0.1, -0.05) is 19.1 Å². The molecule has 3 fully saturated rings. The van der Waals surface area contributed by atoms with Gasteiger partial charge in [-0.25, -0.2) is 5.43 Å². The largest absolute Gasteiger partial charge is 0.489 e. The lowest BCUT2D eigenvalue weighted by molar-refractivity contribution is -0.136. The highest BCUT2D eigenvalue weighted by Crippen LogP contribution is 2.48. The van der Waals surface area contributed by atoms with Gasteiger partial charge in [-0.3, -0.25) is 14.9 Å². The molecule has 1 aliphatic heterocycles. The van der Waals surface area contributed by atoms with Gasteiger partial charge in [0, 0.05) is 36.7 Å². The highest BCUT2D eigenvalue weighted by atomic mass is 16.5. The van der Waals surface area contributed by atoms with Crippen molar-refractivity contribution < 1.29 is 9.53 Å². The predicted molar refractivity (Wildman–Crippen MR) is 119 cm³/mol. The minimum atomic E-state index is -0.0360. The Kier molecular flexibility index (Phi) is 5.39. The monoisotopic (exact) mass is 434 g/mol. The molecule has 32 heavy (non-hydrogen) atoms. The van der Waals surface area contributed by atoms with E-state index in [1.54, 1.807) is 0 Å². The molecule has 2 aliphatic carbocycles. The van der Waals surface area contributed by atoms with Crippen LogP contribution >= 0.6 is 0 Å². The molecule has 1 aromatic carbocycles. The van der Waals surface area contributed by atoms with Gasteiger partial charge >= 0.3 is 0 Å². The molecule has 1 saturated heterocycles. The number of fused-ring (bicyclic) bond motifs is 1. The molecule has 1 aromatic heterocycles. The fourth-order valence-corrected chi connectivity index (χ4v) is 5.69. The number of nitriles is 1. The lowest BCUT2D eigenvalue weighted by Gasteiger charge is -2.46. The van der Waals surface area contributed by atoms with Gasteiger partial charge < -0.3 is 10.5 Å². The van der Waals surface area contributed by atoms with E-state index in [2.05, 4.69) is 28.9 Å². The number of nitrogens with one attached hydrogen (secondary N) is 2. The second-order valence-corrected chi connectivity index (χ2v) is 9.49. The number of hydrogen-bond acceptors (Lipinski definition) is 6. The lowest BCUT2D eigenvalue weighted by Crippen LogP contribution is -2.63. The Morgan fingerprint density at radius 1 is 1.34 bits per heavy atom. The van der Waals surface area contributed by atoms with E-state index in [9.17, 15) is 10.1 Å². The zero-order valence-corrected chi connectivity index (χ0v) is 18.5. The number of nitrogens with two attached hydrogens (primary N) is 1. The number of ether oxygens (including phenoxy) is 1. The Morgan fingerprint density at radius 2 is 2.16 bits per heavy atom. The molecular formula is C24H30N6O2. The molecule has 3 aliphatic rings. The van der Waals surface area contributed by atoms with Crippen LogP contribution in [-0.4, -0.2) is 34.4 Å². The van der Waals surface area contributed by atoms with Crippen LogP contribution in [0, 0.1) is 29.1 Å². The number of hydrogen-bond donors (Lipinski definition) is 3. The number of amides is 1. The maximum absolute atomic E-state index is 12.6. The molecule has 1 amide bonds. The molecule has 2 heterocycles. The van der Waals surface area contributed by atoms with Gasteiger partial charge in [-0.05, 0) is 49.5 Å². The summed E-state index contributed by atoms with van der Waals surface area (Å²) in [6.07, 6.45) is 5.98. The molecule has 2 aromatic rings. The van der Waals surface area contributed by atoms with E-state index < -0.39 is 0 Å². The molecule has 4 N–H and O–H groups in total. The van der Waals surface area contributed by atoms with Crippen LogP contribution in [0.1, 0.15) is 49.7 Å². The Hall–Kier alpha value is -2.89. The third-order valence-electron chi connectivity index (χ3n) is 7.36. The number of benzene rings is 1. The van der Waals surface area contributed by atoms with Gasteiger partial charge in [0.25, 0.3) is 0 Å². The average Bonchev–Trinajstić information content (AvgIpc) is 3.52. The minimum Gasteiger partial charge on any atom is -0.489 e. The fourth-order valence-electron chi connectivity index (χ4n) is 5.69. The van der Waals surface area contributed by atoms with Crippen LogP contribution in [0.15, 0.2) is 24.4 Å². The number of carbonyl (C=O) groups is 1. The SMILES string of the molecule is CC1CC(c2cnn(C)c2-c2cccc(OC3CC3)c2C#N)CC2C(CN)NNC(=O)C12. The summed E-state index contributed by atoms with van der Waals surface area (Å²) in [4.78, 5) is 12.6. The van der Waals surface area contributed by atoms with E-state index in [1.165, 1.54) is 0 Å². The fraction of sp³-hybridized carbons (Fsp3) is 0.542. The Bertz CT molecular complexity index is 1070. The minimum absolute atomic E-state index is 0.0360. The van der Waals surface area contributed by atoms with Crippen LogP contribution in [0.3, 0.4) is 0 Å². The molecule has 5 atom stereocenters. The van der Waals surface area contributed by atoms with Crippen molar-refractivity contribution in [2.45, 2.75) is 50.7 Å². The van der Waals surface area contributed by atoms with E-state index in [-0.39, 0.29) is 41.7 Å². The van der Waals surface area contributed by atoms with Crippen molar-refractivity contribution in [1.82, 2.24) is 20.6 Å². The van der Waals surface area contributed by atoms with E-state index in [0.29, 0.717) is 17.9 Å². The molecule has 5 rings (SSSR count). The summed E-state index contributed by atoms with van der Waals surface area (Å²) in [7, 11) is 1.92.